The van der Waals surface area contributed by atoms with Gasteiger partial charge in [0, 0.05) is 26.9 Å². The number of carbonyl (C=O) groups is 5. The van der Waals surface area contributed by atoms with Crippen LogP contribution in [0.5, 0.6) is 5.75 Å². The number of aldehydes is 1. The first-order chi connectivity index (χ1) is 13.9. The maximum Gasteiger partial charge on any atom is 0.266 e. The molecule has 1 aromatic carbocycles. The van der Waals surface area contributed by atoms with E-state index in [-0.39, 0.29) is 35.6 Å². The van der Waals surface area contributed by atoms with Gasteiger partial charge < -0.3 is 20.2 Å². The SMILES string of the molecule is CNC(=O)C(CCC=O)N1C(=O)c2cccc(OCCCCNC(C)=O)c2C1=O. The highest BCUT2D eigenvalue weighted by Crippen LogP contribution is 2.33. The molecule has 1 aliphatic rings. The van der Waals surface area contributed by atoms with Gasteiger partial charge in [-0.3, -0.25) is 24.1 Å². The second-order valence-corrected chi connectivity index (χ2v) is 6.57. The molecule has 0 radical (unpaired) electrons. The van der Waals surface area contributed by atoms with Crippen molar-refractivity contribution in [1.82, 2.24) is 15.5 Å². The summed E-state index contributed by atoms with van der Waals surface area (Å²) >= 11 is 0. The number of benzene rings is 1. The Labute approximate surface area is 168 Å². The minimum Gasteiger partial charge on any atom is -0.493 e. The Morgan fingerprint density at radius 3 is 2.62 bits per heavy atom. The third-order valence-electron chi connectivity index (χ3n) is 4.53. The first-order valence-corrected chi connectivity index (χ1v) is 9.45. The third kappa shape index (κ3) is 5.18. The third-order valence-corrected chi connectivity index (χ3v) is 4.53. The smallest absolute Gasteiger partial charge is 0.266 e. The number of likely N-dealkylation sites (N-methyl/N-ethyl adjacent to an activating group) is 1. The quantitative estimate of drug-likeness (QED) is 0.318. The van der Waals surface area contributed by atoms with Crippen LogP contribution in [0.4, 0.5) is 0 Å². The van der Waals surface area contributed by atoms with E-state index in [4.69, 9.17) is 4.74 Å². The van der Waals surface area contributed by atoms with Crippen molar-refractivity contribution in [2.24, 2.45) is 0 Å². The summed E-state index contributed by atoms with van der Waals surface area (Å²) in [6.07, 6.45) is 2.09. The van der Waals surface area contributed by atoms with Crippen molar-refractivity contribution in [3.8, 4) is 5.75 Å². The van der Waals surface area contributed by atoms with Crippen LogP contribution >= 0.6 is 0 Å². The number of ether oxygens (including phenoxy) is 1. The molecule has 156 valence electrons. The predicted molar refractivity (Wildman–Crippen MR) is 104 cm³/mol. The zero-order valence-corrected chi connectivity index (χ0v) is 16.5. The van der Waals surface area contributed by atoms with Crippen LogP contribution < -0.4 is 15.4 Å². The fourth-order valence-corrected chi connectivity index (χ4v) is 3.12. The Bertz CT molecular complexity index is 807. The number of unbranched alkanes of at least 4 members (excludes halogenated alkanes) is 1. The lowest BCUT2D eigenvalue weighted by molar-refractivity contribution is -0.125. The second-order valence-electron chi connectivity index (χ2n) is 6.57. The molecule has 0 bridgehead atoms. The van der Waals surface area contributed by atoms with Crippen molar-refractivity contribution in [1.29, 1.82) is 0 Å². The van der Waals surface area contributed by atoms with Crippen molar-refractivity contribution in [2.75, 3.05) is 20.2 Å². The lowest BCUT2D eigenvalue weighted by Crippen LogP contribution is -2.48. The van der Waals surface area contributed by atoms with E-state index in [2.05, 4.69) is 10.6 Å². The Morgan fingerprint density at radius 2 is 1.97 bits per heavy atom. The molecule has 1 aliphatic heterocycles. The van der Waals surface area contributed by atoms with Gasteiger partial charge in [0.25, 0.3) is 11.8 Å². The number of nitrogens with one attached hydrogen (secondary N) is 2. The lowest BCUT2D eigenvalue weighted by Gasteiger charge is -2.24. The van der Waals surface area contributed by atoms with Crippen LogP contribution in [0.1, 0.15) is 53.3 Å². The van der Waals surface area contributed by atoms with E-state index >= 15 is 0 Å². The molecule has 0 saturated carbocycles. The molecule has 1 heterocycles. The number of hydrogen-bond donors (Lipinski definition) is 2. The number of nitrogens with zero attached hydrogens (tertiary/aromatic N) is 1. The molecule has 29 heavy (non-hydrogen) atoms. The summed E-state index contributed by atoms with van der Waals surface area (Å²) in [5.74, 6) is -1.54. The van der Waals surface area contributed by atoms with E-state index in [0.29, 0.717) is 32.3 Å². The number of fused-ring (bicyclic) bond motifs is 1. The summed E-state index contributed by atoms with van der Waals surface area (Å²) in [6.45, 7) is 2.28. The van der Waals surface area contributed by atoms with Gasteiger partial charge in [0.05, 0.1) is 17.7 Å². The van der Waals surface area contributed by atoms with E-state index < -0.39 is 23.8 Å². The van der Waals surface area contributed by atoms with Crippen molar-refractivity contribution in [3.05, 3.63) is 29.3 Å². The summed E-state index contributed by atoms with van der Waals surface area (Å²) in [5.41, 5.74) is 0.296. The highest BCUT2D eigenvalue weighted by atomic mass is 16.5. The summed E-state index contributed by atoms with van der Waals surface area (Å²) < 4.78 is 5.70. The highest BCUT2D eigenvalue weighted by molar-refractivity contribution is 6.24. The van der Waals surface area contributed by atoms with E-state index in [1.807, 2.05) is 0 Å². The summed E-state index contributed by atoms with van der Waals surface area (Å²) in [4.78, 5) is 60.5. The van der Waals surface area contributed by atoms with Crippen LogP contribution in [0, 0.1) is 0 Å². The molecule has 0 spiro atoms. The molecule has 9 heteroatoms. The largest absolute Gasteiger partial charge is 0.493 e. The molecule has 4 amide bonds. The molecule has 2 rings (SSSR count). The van der Waals surface area contributed by atoms with Crippen LogP contribution in [-0.2, 0) is 14.4 Å². The average molecular weight is 403 g/mol. The molecule has 1 unspecified atom stereocenters. The van der Waals surface area contributed by atoms with Crippen molar-refractivity contribution in [3.63, 3.8) is 0 Å². The van der Waals surface area contributed by atoms with Crippen molar-refractivity contribution < 1.29 is 28.7 Å². The van der Waals surface area contributed by atoms with E-state index in [1.165, 1.54) is 20.0 Å². The number of amides is 4. The Morgan fingerprint density at radius 1 is 1.21 bits per heavy atom. The summed E-state index contributed by atoms with van der Waals surface area (Å²) in [5, 5.41) is 5.12. The monoisotopic (exact) mass is 403 g/mol. The molecule has 0 aliphatic carbocycles. The van der Waals surface area contributed by atoms with Crippen molar-refractivity contribution in [2.45, 2.75) is 38.6 Å². The molecule has 1 atom stereocenters. The molecule has 2 N–H and O–H groups in total. The zero-order valence-electron chi connectivity index (χ0n) is 16.5. The van der Waals surface area contributed by atoms with E-state index in [9.17, 15) is 24.0 Å². The van der Waals surface area contributed by atoms with Gasteiger partial charge in [-0.1, -0.05) is 6.07 Å². The fraction of sp³-hybridized carbons (Fsp3) is 0.450. The molecule has 0 saturated heterocycles. The van der Waals surface area contributed by atoms with Gasteiger partial charge in [-0.25, -0.2) is 0 Å². The Balaban J connectivity index is 2.14. The van der Waals surface area contributed by atoms with E-state index in [1.54, 1.807) is 12.1 Å². The standard InChI is InChI=1S/C20H25N3O6/c1-13(25)22-10-3-4-12-29-16-9-5-7-14-17(16)20(28)23(19(14)27)15(8-6-11-24)18(26)21-2/h5,7,9,11,15H,3-4,6,8,10,12H2,1-2H3,(H,21,26)(H,22,25). The Hall–Kier alpha value is -3.23. The number of imide groups is 1. The maximum absolute atomic E-state index is 13.0. The first-order valence-electron chi connectivity index (χ1n) is 9.45. The first kappa shape index (κ1) is 22.1. The minimum absolute atomic E-state index is 0.0448. The van der Waals surface area contributed by atoms with Crippen LogP contribution in [0.2, 0.25) is 0 Å². The molecular weight excluding hydrogens is 378 g/mol. The molecule has 9 nitrogen and oxygen atoms in total. The lowest BCUT2D eigenvalue weighted by atomic mass is 10.1. The van der Waals surface area contributed by atoms with Gasteiger partial charge in [0.1, 0.15) is 18.1 Å². The fourth-order valence-electron chi connectivity index (χ4n) is 3.12. The van der Waals surface area contributed by atoms with Crippen LogP contribution in [-0.4, -0.2) is 61.1 Å². The van der Waals surface area contributed by atoms with Gasteiger partial charge in [-0.05, 0) is 31.4 Å². The van der Waals surface area contributed by atoms with Gasteiger partial charge in [-0.15, -0.1) is 0 Å². The predicted octanol–water partition coefficient (Wildman–Crippen LogP) is 0.671. The normalized spacial score (nSPS) is 13.7. The van der Waals surface area contributed by atoms with Gasteiger partial charge in [0.15, 0.2) is 0 Å². The van der Waals surface area contributed by atoms with Crippen molar-refractivity contribution >= 4 is 29.9 Å². The van der Waals surface area contributed by atoms with Crippen LogP contribution in [0.25, 0.3) is 0 Å². The highest BCUT2D eigenvalue weighted by Gasteiger charge is 2.44. The van der Waals surface area contributed by atoms with Crippen LogP contribution in [0.3, 0.4) is 0 Å². The molecule has 0 fully saturated rings. The van der Waals surface area contributed by atoms with E-state index in [0.717, 1.165) is 4.90 Å². The molecule has 1 aromatic rings. The molecule has 0 aromatic heterocycles. The number of carbonyl (C=O) groups excluding carboxylic acids is 5. The summed E-state index contributed by atoms with van der Waals surface area (Å²) in [7, 11) is 1.41. The topological polar surface area (TPSA) is 122 Å². The maximum atomic E-state index is 13.0. The second kappa shape index (κ2) is 10.4. The van der Waals surface area contributed by atoms with Gasteiger partial charge in [0.2, 0.25) is 11.8 Å². The summed E-state index contributed by atoms with van der Waals surface area (Å²) in [6, 6.07) is 3.66. The Kier molecular flexibility index (Phi) is 7.88. The number of hydrogen-bond acceptors (Lipinski definition) is 6. The number of rotatable bonds is 11. The van der Waals surface area contributed by atoms with Gasteiger partial charge in [-0.2, -0.15) is 0 Å². The minimum atomic E-state index is -1.07. The average Bonchev–Trinajstić information content (AvgIpc) is 2.96. The van der Waals surface area contributed by atoms with Gasteiger partial charge >= 0.3 is 0 Å². The zero-order chi connectivity index (χ0) is 21.4. The molecular formula is C20H25N3O6. The van der Waals surface area contributed by atoms with Crippen LogP contribution in [0.15, 0.2) is 18.2 Å².